The molecule has 3 nitrogen and oxygen atoms in total. The molecule has 0 aliphatic rings. The number of aromatic amines is 1. The number of halogens is 1. The van der Waals surface area contributed by atoms with Crippen molar-refractivity contribution in [3.63, 3.8) is 0 Å². The van der Waals surface area contributed by atoms with E-state index in [9.17, 15) is 9.18 Å². The number of H-pyrrole nitrogens is 1. The first-order valence-corrected chi connectivity index (χ1v) is 4.23. The van der Waals surface area contributed by atoms with Gasteiger partial charge in [0.05, 0.1) is 17.6 Å². The van der Waals surface area contributed by atoms with Crippen LogP contribution in [0.4, 0.5) is 4.39 Å². The Morgan fingerprint density at radius 1 is 1.43 bits per heavy atom. The molecule has 0 saturated carbocycles. The fourth-order valence-electron chi connectivity index (χ4n) is 1.42. The van der Waals surface area contributed by atoms with Gasteiger partial charge in [-0.05, 0) is 12.1 Å². The van der Waals surface area contributed by atoms with Crippen molar-refractivity contribution in [1.82, 2.24) is 4.98 Å². The molecule has 0 radical (unpaired) electrons. The second-order valence-corrected chi connectivity index (χ2v) is 3.00. The maximum atomic E-state index is 13.6. The minimum absolute atomic E-state index is 0.0439. The number of carbonyl (C=O) groups excluding carboxylic acids is 1. The number of rotatable bonds is 2. The van der Waals surface area contributed by atoms with Crippen LogP contribution in [0.3, 0.4) is 0 Å². The van der Waals surface area contributed by atoms with Gasteiger partial charge in [0.1, 0.15) is 0 Å². The predicted molar refractivity (Wildman–Crippen MR) is 51.6 cm³/mol. The lowest BCUT2D eigenvalue weighted by Gasteiger charge is -2.00. The first-order chi connectivity index (χ1) is 6.74. The number of Topliss-reactive ketones (excluding diaryl/α,β-unsaturated/α-hetero) is 1. The van der Waals surface area contributed by atoms with Crippen molar-refractivity contribution in [3.05, 3.63) is 35.8 Å². The van der Waals surface area contributed by atoms with Crippen molar-refractivity contribution in [2.45, 2.75) is 0 Å². The Morgan fingerprint density at radius 3 is 2.93 bits per heavy atom. The van der Waals surface area contributed by atoms with E-state index in [0.717, 1.165) is 5.39 Å². The van der Waals surface area contributed by atoms with E-state index in [2.05, 4.69) is 4.98 Å². The maximum absolute atomic E-state index is 13.6. The van der Waals surface area contributed by atoms with Crippen LogP contribution in [0.2, 0.25) is 0 Å². The zero-order chi connectivity index (χ0) is 10.1. The molecule has 2 rings (SSSR count). The summed E-state index contributed by atoms with van der Waals surface area (Å²) in [7, 11) is 0. The molecule has 3 N–H and O–H groups in total. The quantitative estimate of drug-likeness (QED) is 0.707. The third kappa shape index (κ3) is 1.20. The van der Waals surface area contributed by atoms with Crippen molar-refractivity contribution in [3.8, 4) is 0 Å². The normalized spacial score (nSPS) is 10.7. The minimum atomic E-state index is -0.525. The highest BCUT2D eigenvalue weighted by atomic mass is 19.1. The fourth-order valence-corrected chi connectivity index (χ4v) is 1.42. The van der Waals surface area contributed by atoms with Crippen LogP contribution in [-0.2, 0) is 0 Å². The fraction of sp³-hybridized carbons (Fsp3) is 0.100. The van der Waals surface area contributed by atoms with Crippen LogP contribution in [0.15, 0.2) is 24.4 Å². The summed E-state index contributed by atoms with van der Waals surface area (Å²) in [6, 6.07) is 4.90. The van der Waals surface area contributed by atoms with E-state index in [1.54, 1.807) is 18.3 Å². The zero-order valence-corrected chi connectivity index (χ0v) is 7.38. The second-order valence-electron chi connectivity index (χ2n) is 3.00. The number of carbonyl (C=O) groups is 1. The first kappa shape index (κ1) is 8.90. The lowest BCUT2D eigenvalue weighted by atomic mass is 10.1. The lowest BCUT2D eigenvalue weighted by Crippen LogP contribution is -2.15. The summed E-state index contributed by atoms with van der Waals surface area (Å²) in [5.41, 5.74) is 5.56. The van der Waals surface area contributed by atoms with Gasteiger partial charge in [-0.1, -0.05) is 6.07 Å². The summed E-state index contributed by atoms with van der Waals surface area (Å²) in [6.45, 7) is -0.177. The molecule has 0 amide bonds. The van der Waals surface area contributed by atoms with Crippen LogP contribution < -0.4 is 5.73 Å². The van der Waals surface area contributed by atoms with Crippen molar-refractivity contribution in [2.75, 3.05) is 6.54 Å². The number of nitrogens with one attached hydrogen (secondary N) is 1. The molecule has 0 bridgehead atoms. The maximum Gasteiger partial charge on any atom is 0.179 e. The number of nitrogens with two attached hydrogens (primary N) is 1. The molecule has 0 spiro atoms. The number of aromatic nitrogens is 1. The third-order valence-corrected chi connectivity index (χ3v) is 2.15. The molecule has 0 aliphatic carbocycles. The van der Waals surface area contributed by atoms with Crippen LogP contribution in [0.5, 0.6) is 0 Å². The van der Waals surface area contributed by atoms with E-state index in [-0.39, 0.29) is 17.9 Å². The van der Waals surface area contributed by atoms with Crippen LogP contribution in [0, 0.1) is 5.82 Å². The lowest BCUT2D eigenvalue weighted by molar-refractivity contribution is 0.0998. The van der Waals surface area contributed by atoms with Crippen LogP contribution in [-0.4, -0.2) is 17.3 Å². The van der Waals surface area contributed by atoms with Crippen LogP contribution in [0.25, 0.3) is 10.9 Å². The molecule has 1 aromatic heterocycles. The van der Waals surface area contributed by atoms with Crippen LogP contribution >= 0.6 is 0 Å². The molecule has 0 fully saturated rings. The monoisotopic (exact) mass is 192 g/mol. The van der Waals surface area contributed by atoms with Crippen LogP contribution in [0.1, 0.15) is 10.4 Å². The van der Waals surface area contributed by atoms with E-state index in [4.69, 9.17) is 5.73 Å². The van der Waals surface area contributed by atoms with E-state index in [1.807, 2.05) is 0 Å². The largest absolute Gasteiger partial charge is 0.359 e. The molecule has 14 heavy (non-hydrogen) atoms. The number of hydrogen-bond donors (Lipinski definition) is 2. The van der Waals surface area contributed by atoms with E-state index in [1.165, 1.54) is 6.07 Å². The van der Waals surface area contributed by atoms with Gasteiger partial charge in [0.2, 0.25) is 0 Å². The molecule has 1 heterocycles. The Kier molecular flexibility index (Phi) is 2.05. The van der Waals surface area contributed by atoms with Gasteiger partial charge in [0.25, 0.3) is 0 Å². The smallest absolute Gasteiger partial charge is 0.179 e. The van der Waals surface area contributed by atoms with E-state index < -0.39 is 5.82 Å². The second kappa shape index (κ2) is 3.23. The topological polar surface area (TPSA) is 58.9 Å². The van der Waals surface area contributed by atoms with Crippen molar-refractivity contribution in [2.24, 2.45) is 5.73 Å². The molecule has 2 aromatic rings. The highest BCUT2D eigenvalue weighted by Gasteiger charge is 2.13. The van der Waals surface area contributed by atoms with Crippen molar-refractivity contribution < 1.29 is 9.18 Å². The molecular formula is C10H9FN2O. The first-order valence-electron chi connectivity index (χ1n) is 4.23. The SMILES string of the molecule is NCC(=O)c1ccc2cc[nH]c2c1F. The summed E-state index contributed by atoms with van der Waals surface area (Å²) < 4.78 is 13.6. The molecule has 0 aliphatic heterocycles. The number of benzene rings is 1. The van der Waals surface area contributed by atoms with Gasteiger partial charge in [-0.15, -0.1) is 0 Å². The molecule has 0 unspecified atom stereocenters. The average molecular weight is 192 g/mol. The summed E-state index contributed by atoms with van der Waals surface area (Å²) in [5, 5.41) is 0.746. The Morgan fingerprint density at radius 2 is 2.21 bits per heavy atom. The average Bonchev–Trinajstić information content (AvgIpc) is 2.66. The van der Waals surface area contributed by atoms with Gasteiger partial charge in [-0.2, -0.15) is 0 Å². The standard InChI is InChI=1S/C10H9FN2O/c11-9-7(8(14)5-12)2-1-6-3-4-13-10(6)9/h1-4,13H,5,12H2. The molecule has 4 heteroatoms. The summed E-state index contributed by atoms with van der Waals surface area (Å²) in [6.07, 6.45) is 1.63. The molecule has 0 saturated heterocycles. The Balaban J connectivity index is 2.67. The molecule has 72 valence electrons. The minimum Gasteiger partial charge on any atom is -0.359 e. The van der Waals surface area contributed by atoms with E-state index in [0.29, 0.717) is 5.52 Å². The van der Waals surface area contributed by atoms with Gasteiger partial charge in [0, 0.05) is 11.6 Å². The molecular weight excluding hydrogens is 183 g/mol. The summed E-state index contributed by atoms with van der Waals surface area (Å²) >= 11 is 0. The Hall–Kier alpha value is -1.68. The van der Waals surface area contributed by atoms with Gasteiger partial charge in [-0.3, -0.25) is 4.79 Å². The Bertz CT molecular complexity index is 490. The summed E-state index contributed by atoms with van der Waals surface area (Å²) in [4.78, 5) is 14.0. The number of fused-ring (bicyclic) bond motifs is 1. The molecule has 0 atom stereocenters. The van der Waals surface area contributed by atoms with Gasteiger partial charge < -0.3 is 10.7 Å². The Labute approximate surface area is 79.7 Å². The third-order valence-electron chi connectivity index (χ3n) is 2.15. The molecule has 1 aromatic carbocycles. The van der Waals surface area contributed by atoms with Gasteiger partial charge in [0.15, 0.2) is 11.6 Å². The zero-order valence-electron chi connectivity index (χ0n) is 7.38. The number of ketones is 1. The highest BCUT2D eigenvalue weighted by Crippen LogP contribution is 2.19. The van der Waals surface area contributed by atoms with Gasteiger partial charge in [-0.25, -0.2) is 4.39 Å². The number of hydrogen-bond acceptors (Lipinski definition) is 2. The highest BCUT2D eigenvalue weighted by molar-refractivity contribution is 6.00. The predicted octanol–water partition coefficient (Wildman–Crippen LogP) is 1.45. The van der Waals surface area contributed by atoms with Crippen molar-refractivity contribution >= 4 is 16.7 Å². The van der Waals surface area contributed by atoms with E-state index >= 15 is 0 Å². The van der Waals surface area contributed by atoms with Crippen molar-refractivity contribution in [1.29, 1.82) is 0 Å². The summed E-state index contributed by atoms with van der Waals surface area (Å²) in [5.74, 6) is -0.915. The van der Waals surface area contributed by atoms with Gasteiger partial charge >= 0.3 is 0 Å².